The Morgan fingerprint density at radius 3 is 1.90 bits per heavy atom. The molecule has 0 fully saturated rings. The first kappa shape index (κ1) is 22.1. The number of hydrogen-bond donors (Lipinski definition) is 3. The average Bonchev–Trinajstić information content (AvgIpc) is 2.67. The summed E-state index contributed by atoms with van der Waals surface area (Å²) in [5, 5.41) is 14.7. The highest BCUT2D eigenvalue weighted by atomic mass is 16.4. The zero-order chi connectivity index (χ0) is 21.6. The zero-order valence-corrected chi connectivity index (χ0v) is 17.3. The highest BCUT2D eigenvalue weighted by Crippen LogP contribution is 2.15. The molecule has 0 bridgehead atoms. The van der Waals surface area contributed by atoms with Gasteiger partial charge >= 0.3 is 5.97 Å². The van der Waals surface area contributed by atoms with Crippen molar-refractivity contribution in [2.45, 2.75) is 34.1 Å². The molecule has 0 aromatic heterocycles. The standard InChI is InChI=1S/C23H28N2O4/c1-15(22(28)29)13-16-5-11-19(12-6-16)25-21(27)18-9-7-17(8-10-18)20(26)24-14-23(2,3)4/h5-12,15H,13-14H2,1-4H3,(H,24,26)(H,25,27)(H,28,29). The molecular weight excluding hydrogens is 368 g/mol. The smallest absolute Gasteiger partial charge is 0.306 e. The van der Waals surface area contributed by atoms with Gasteiger partial charge in [0.15, 0.2) is 0 Å². The second-order valence-corrected chi connectivity index (χ2v) is 8.42. The van der Waals surface area contributed by atoms with Gasteiger partial charge in [0.05, 0.1) is 5.92 Å². The van der Waals surface area contributed by atoms with Crippen molar-refractivity contribution in [1.82, 2.24) is 5.32 Å². The normalized spacial score (nSPS) is 12.1. The van der Waals surface area contributed by atoms with Gasteiger partial charge in [-0.3, -0.25) is 14.4 Å². The second-order valence-electron chi connectivity index (χ2n) is 8.42. The lowest BCUT2D eigenvalue weighted by molar-refractivity contribution is -0.141. The Morgan fingerprint density at radius 1 is 0.897 bits per heavy atom. The van der Waals surface area contributed by atoms with Crippen molar-refractivity contribution in [2.75, 3.05) is 11.9 Å². The first-order valence-electron chi connectivity index (χ1n) is 9.56. The molecule has 0 saturated carbocycles. The molecule has 0 aliphatic carbocycles. The van der Waals surface area contributed by atoms with Gasteiger partial charge in [0, 0.05) is 23.4 Å². The number of carbonyl (C=O) groups excluding carboxylic acids is 2. The second kappa shape index (κ2) is 9.37. The number of anilines is 1. The number of rotatable bonds is 7. The van der Waals surface area contributed by atoms with E-state index in [2.05, 4.69) is 10.6 Å². The molecule has 2 aromatic rings. The Morgan fingerprint density at radius 2 is 1.41 bits per heavy atom. The van der Waals surface area contributed by atoms with Gasteiger partial charge in [-0.1, -0.05) is 39.8 Å². The molecule has 6 nitrogen and oxygen atoms in total. The van der Waals surface area contributed by atoms with Crippen LogP contribution in [0.5, 0.6) is 0 Å². The molecule has 2 aromatic carbocycles. The summed E-state index contributed by atoms with van der Waals surface area (Å²) in [4.78, 5) is 35.5. The summed E-state index contributed by atoms with van der Waals surface area (Å²) >= 11 is 0. The van der Waals surface area contributed by atoms with Gasteiger partial charge in [0.1, 0.15) is 0 Å². The van der Waals surface area contributed by atoms with Crippen molar-refractivity contribution in [3.8, 4) is 0 Å². The number of benzene rings is 2. The summed E-state index contributed by atoms with van der Waals surface area (Å²) in [6.07, 6.45) is 0.433. The van der Waals surface area contributed by atoms with Crippen LogP contribution in [-0.4, -0.2) is 29.4 Å². The third kappa shape index (κ3) is 7.07. The monoisotopic (exact) mass is 396 g/mol. The van der Waals surface area contributed by atoms with Crippen LogP contribution < -0.4 is 10.6 Å². The minimum atomic E-state index is -0.835. The SMILES string of the molecule is CC(Cc1ccc(NC(=O)c2ccc(C(=O)NCC(C)(C)C)cc2)cc1)C(=O)O. The van der Waals surface area contributed by atoms with Crippen molar-refractivity contribution < 1.29 is 19.5 Å². The molecule has 0 aliphatic rings. The number of amides is 2. The third-order valence-corrected chi connectivity index (χ3v) is 4.36. The van der Waals surface area contributed by atoms with Crippen LogP contribution >= 0.6 is 0 Å². The first-order chi connectivity index (χ1) is 13.5. The molecular formula is C23H28N2O4. The van der Waals surface area contributed by atoms with Crippen LogP contribution in [-0.2, 0) is 11.2 Å². The van der Waals surface area contributed by atoms with Crippen molar-refractivity contribution in [1.29, 1.82) is 0 Å². The first-order valence-corrected chi connectivity index (χ1v) is 9.56. The van der Waals surface area contributed by atoms with E-state index in [0.29, 0.717) is 29.8 Å². The van der Waals surface area contributed by atoms with E-state index >= 15 is 0 Å². The van der Waals surface area contributed by atoms with Crippen molar-refractivity contribution in [2.24, 2.45) is 11.3 Å². The van der Waals surface area contributed by atoms with Gasteiger partial charge in [-0.05, 0) is 53.8 Å². The van der Waals surface area contributed by atoms with Crippen molar-refractivity contribution in [3.05, 3.63) is 65.2 Å². The van der Waals surface area contributed by atoms with E-state index in [1.54, 1.807) is 55.5 Å². The van der Waals surface area contributed by atoms with Crippen LogP contribution in [0.25, 0.3) is 0 Å². The van der Waals surface area contributed by atoms with Crippen LogP contribution in [0.2, 0.25) is 0 Å². The van der Waals surface area contributed by atoms with Crippen LogP contribution in [0, 0.1) is 11.3 Å². The number of hydrogen-bond acceptors (Lipinski definition) is 3. The Labute approximate surface area is 171 Å². The van der Waals surface area contributed by atoms with Crippen molar-refractivity contribution >= 4 is 23.5 Å². The summed E-state index contributed by atoms with van der Waals surface area (Å²) in [5.74, 6) is -1.75. The predicted molar refractivity (Wildman–Crippen MR) is 113 cm³/mol. The number of nitrogens with one attached hydrogen (secondary N) is 2. The minimum absolute atomic E-state index is 0.00327. The number of carbonyl (C=O) groups is 3. The van der Waals surface area contributed by atoms with Gasteiger partial charge in [0.2, 0.25) is 0 Å². The molecule has 1 unspecified atom stereocenters. The zero-order valence-electron chi connectivity index (χ0n) is 17.3. The molecule has 1 atom stereocenters. The number of aliphatic carboxylic acids is 1. The van der Waals surface area contributed by atoms with E-state index in [1.165, 1.54) is 0 Å². The highest BCUT2D eigenvalue weighted by molar-refractivity contribution is 6.05. The average molecular weight is 396 g/mol. The van der Waals surface area contributed by atoms with Gasteiger partial charge < -0.3 is 15.7 Å². The lowest BCUT2D eigenvalue weighted by atomic mass is 9.97. The van der Waals surface area contributed by atoms with Gasteiger partial charge in [0.25, 0.3) is 11.8 Å². The summed E-state index contributed by atoms with van der Waals surface area (Å²) in [7, 11) is 0. The Hall–Kier alpha value is -3.15. The summed E-state index contributed by atoms with van der Waals surface area (Å²) in [6.45, 7) is 8.35. The molecule has 2 rings (SSSR count). The van der Waals surface area contributed by atoms with Crippen LogP contribution in [0.4, 0.5) is 5.69 Å². The van der Waals surface area contributed by atoms with Crippen LogP contribution in [0.1, 0.15) is 54.0 Å². The fraction of sp³-hybridized carbons (Fsp3) is 0.348. The molecule has 154 valence electrons. The molecule has 2 amide bonds. The molecule has 0 aliphatic heterocycles. The van der Waals surface area contributed by atoms with Gasteiger partial charge in [-0.2, -0.15) is 0 Å². The van der Waals surface area contributed by atoms with E-state index in [0.717, 1.165) is 5.56 Å². The number of carboxylic acid groups (broad SMARTS) is 1. The molecule has 0 heterocycles. The quantitative estimate of drug-likeness (QED) is 0.660. The Balaban J connectivity index is 1.95. The van der Waals surface area contributed by atoms with Gasteiger partial charge in [-0.25, -0.2) is 0 Å². The maximum Gasteiger partial charge on any atom is 0.306 e. The van der Waals surface area contributed by atoms with Crippen molar-refractivity contribution in [3.63, 3.8) is 0 Å². The molecule has 0 spiro atoms. The summed E-state index contributed by atoms with van der Waals surface area (Å²) in [5.41, 5.74) is 2.46. The maximum atomic E-state index is 12.4. The Kier molecular flexibility index (Phi) is 7.15. The van der Waals surface area contributed by atoms with Crippen LogP contribution in [0.3, 0.4) is 0 Å². The fourth-order valence-corrected chi connectivity index (χ4v) is 2.59. The highest BCUT2D eigenvalue weighted by Gasteiger charge is 2.14. The summed E-state index contributed by atoms with van der Waals surface area (Å²) < 4.78 is 0. The van der Waals surface area contributed by atoms with E-state index < -0.39 is 11.9 Å². The van der Waals surface area contributed by atoms with Gasteiger partial charge in [-0.15, -0.1) is 0 Å². The molecule has 0 radical (unpaired) electrons. The molecule has 0 saturated heterocycles. The maximum absolute atomic E-state index is 12.4. The van der Waals surface area contributed by atoms with E-state index in [4.69, 9.17) is 5.11 Å². The van der Waals surface area contributed by atoms with Crippen LogP contribution in [0.15, 0.2) is 48.5 Å². The van der Waals surface area contributed by atoms with E-state index in [-0.39, 0.29) is 17.2 Å². The Bertz CT molecular complexity index is 865. The predicted octanol–water partition coefficient (Wildman–Crippen LogP) is 3.98. The van der Waals surface area contributed by atoms with E-state index in [9.17, 15) is 14.4 Å². The molecule has 29 heavy (non-hydrogen) atoms. The topological polar surface area (TPSA) is 95.5 Å². The fourth-order valence-electron chi connectivity index (χ4n) is 2.59. The lowest BCUT2D eigenvalue weighted by Gasteiger charge is -2.18. The molecule has 6 heteroatoms. The summed E-state index contributed by atoms with van der Waals surface area (Å²) in [6, 6.07) is 13.6. The lowest BCUT2D eigenvalue weighted by Crippen LogP contribution is -2.32. The van der Waals surface area contributed by atoms with E-state index in [1.807, 2.05) is 20.8 Å². The largest absolute Gasteiger partial charge is 0.481 e. The molecule has 3 N–H and O–H groups in total. The number of carboxylic acids is 1. The third-order valence-electron chi connectivity index (χ3n) is 4.36. The minimum Gasteiger partial charge on any atom is -0.481 e.